The number of rotatable bonds is 8. The minimum atomic E-state index is -0.951. The predicted octanol–water partition coefficient (Wildman–Crippen LogP) is 4.65. The molecule has 10 heteroatoms. The summed E-state index contributed by atoms with van der Waals surface area (Å²) in [5.41, 5.74) is 2.79. The summed E-state index contributed by atoms with van der Waals surface area (Å²) in [6.07, 6.45) is 5.10. The zero-order valence-electron chi connectivity index (χ0n) is 22.9. The Hall–Kier alpha value is -4.60. The fraction of sp³-hybridized carbons (Fsp3) is 0.355. The topological polar surface area (TPSA) is 119 Å². The molecule has 3 aromatic carbocycles. The van der Waals surface area contributed by atoms with Crippen molar-refractivity contribution in [2.24, 2.45) is 0 Å². The van der Waals surface area contributed by atoms with Crippen LogP contribution >= 0.6 is 0 Å². The molecule has 1 aliphatic carbocycles. The quantitative estimate of drug-likeness (QED) is 0.325. The van der Waals surface area contributed by atoms with Gasteiger partial charge in [-0.2, -0.15) is 0 Å². The molecule has 0 radical (unpaired) electrons. The van der Waals surface area contributed by atoms with Crippen molar-refractivity contribution in [3.05, 3.63) is 77.9 Å². The number of aromatic nitrogens is 3. The van der Waals surface area contributed by atoms with Crippen molar-refractivity contribution in [2.45, 2.75) is 63.7 Å². The molecular formula is C31H33N5O5. The molecular weight excluding hydrogens is 522 g/mol. The molecule has 10 nitrogen and oxygen atoms in total. The Morgan fingerprint density at radius 3 is 2.59 bits per heavy atom. The fourth-order valence-corrected chi connectivity index (χ4v) is 5.71. The van der Waals surface area contributed by atoms with E-state index >= 15 is 0 Å². The van der Waals surface area contributed by atoms with Gasteiger partial charge in [-0.3, -0.25) is 9.59 Å². The number of carbonyl (C=O) groups excluding carboxylic acids is 2. The van der Waals surface area contributed by atoms with E-state index in [0.29, 0.717) is 22.6 Å². The molecule has 4 aromatic rings. The van der Waals surface area contributed by atoms with Gasteiger partial charge in [-0.05, 0) is 67.3 Å². The predicted molar refractivity (Wildman–Crippen MR) is 151 cm³/mol. The van der Waals surface area contributed by atoms with Gasteiger partial charge in [0.05, 0.1) is 5.52 Å². The van der Waals surface area contributed by atoms with Gasteiger partial charge in [0.15, 0.2) is 11.5 Å². The third-order valence-electron chi connectivity index (χ3n) is 7.89. The number of amides is 2. The summed E-state index contributed by atoms with van der Waals surface area (Å²) < 4.78 is 12.7. The zero-order chi connectivity index (χ0) is 28.3. The van der Waals surface area contributed by atoms with E-state index in [0.717, 1.165) is 43.2 Å². The van der Waals surface area contributed by atoms with Gasteiger partial charge >= 0.3 is 0 Å². The van der Waals surface area contributed by atoms with Crippen molar-refractivity contribution in [3.63, 3.8) is 0 Å². The third kappa shape index (κ3) is 5.54. The van der Waals surface area contributed by atoms with Gasteiger partial charge in [0.1, 0.15) is 23.3 Å². The van der Waals surface area contributed by atoms with Crippen LogP contribution in [-0.4, -0.2) is 49.6 Å². The minimum Gasteiger partial charge on any atom is -0.508 e. The highest BCUT2D eigenvalue weighted by Gasteiger charge is 2.36. The van der Waals surface area contributed by atoms with E-state index in [-0.39, 0.29) is 36.9 Å². The molecule has 0 saturated heterocycles. The number of benzene rings is 3. The molecule has 1 aromatic heterocycles. The number of nitrogens with zero attached hydrogens (tertiary/aromatic N) is 4. The zero-order valence-corrected chi connectivity index (χ0v) is 22.9. The van der Waals surface area contributed by atoms with Gasteiger partial charge in [-0.1, -0.05) is 54.8 Å². The molecule has 0 spiro atoms. The summed E-state index contributed by atoms with van der Waals surface area (Å²) in [4.78, 5) is 30.1. The second-order valence-electron chi connectivity index (χ2n) is 10.7. The Morgan fingerprint density at radius 2 is 1.78 bits per heavy atom. The first-order valence-corrected chi connectivity index (χ1v) is 14.1. The maximum Gasteiger partial charge on any atom is 0.248 e. The SMILES string of the molecule is CC(C(=O)N(Cc1ccc2c(c1)OCO2)C(C(=O)NC1CCCCC1)c1ccc(O)cc1)n1nnc2ccccc21. The highest BCUT2D eigenvalue weighted by Crippen LogP contribution is 2.35. The smallest absolute Gasteiger partial charge is 0.248 e. The van der Waals surface area contributed by atoms with Crippen molar-refractivity contribution >= 4 is 22.8 Å². The van der Waals surface area contributed by atoms with Crippen LogP contribution in [0.5, 0.6) is 17.2 Å². The van der Waals surface area contributed by atoms with Gasteiger partial charge in [0.2, 0.25) is 18.6 Å². The monoisotopic (exact) mass is 555 g/mol. The molecule has 1 fully saturated rings. The van der Waals surface area contributed by atoms with Crippen LogP contribution in [0.2, 0.25) is 0 Å². The highest BCUT2D eigenvalue weighted by atomic mass is 16.7. The molecule has 2 atom stereocenters. The lowest BCUT2D eigenvalue weighted by Crippen LogP contribution is -2.48. The van der Waals surface area contributed by atoms with Gasteiger partial charge < -0.3 is 24.8 Å². The lowest BCUT2D eigenvalue weighted by atomic mass is 9.94. The van der Waals surface area contributed by atoms with Crippen LogP contribution in [0.4, 0.5) is 0 Å². The number of nitrogens with one attached hydrogen (secondary N) is 1. The first-order valence-electron chi connectivity index (χ1n) is 14.1. The van der Waals surface area contributed by atoms with Crippen LogP contribution < -0.4 is 14.8 Å². The van der Waals surface area contributed by atoms with Crippen molar-refractivity contribution in [1.29, 1.82) is 0 Å². The average Bonchev–Trinajstić information content (AvgIpc) is 3.64. The number of hydrogen-bond acceptors (Lipinski definition) is 7. The summed E-state index contributed by atoms with van der Waals surface area (Å²) in [6, 6.07) is 17.8. The van der Waals surface area contributed by atoms with E-state index in [1.165, 1.54) is 12.1 Å². The number of hydrogen-bond donors (Lipinski definition) is 2. The van der Waals surface area contributed by atoms with E-state index < -0.39 is 12.1 Å². The molecule has 2 unspecified atom stereocenters. The Morgan fingerprint density at radius 1 is 1.02 bits per heavy atom. The van der Waals surface area contributed by atoms with E-state index in [1.807, 2.05) is 42.5 Å². The number of carbonyl (C=O) groups is 2. The molecule has 212 valence electrons. The maximum absolute atomic E-state index is 14.5. The number of aromatic hydroxyl groups is 1. The summed E-state index contributed by atoms with van der Waals surface area (Å²) in [6.45, 7) is 2.04. The molecule has 2 N–H and O–H groups in total. The number of para-hydroxylation sites is 1. The van der Waals surface area contributed by atoms with Crippen molar-refractivity contribution in [2.75, 3.05) is 6.79 Å². The second-order valence-corrected chi connectivity index (χ2v) is 10.7. The van der Waals surface area contributed by atoms with Crippen LogP contribution in [0.15, 0.2) is 66.7 Å². The van der Waals surface area contributed by atoms with E-state index in [9.17, 15) is 14.7 Å². The maximum atomic E-state index is 14.5. The minimum absolute atomic E-state index is 0.0510. The lowest BCUT2D eigenvalue weighted by Gasteiger charge is -2.35. The Bertz CT molecular complexity index is 1550. The molecule has 6 rings (SSSR count). The van der Waals surface area contributed by atoms with E-state index in [1.54, 1.807) is 28.6 Å². The van der Waals surface area contributed by atoms with Gasteiger partial charge in [-0.25, -0.2) is 4.68 Å². The molecule has 0 bridgehead atoms. The van der Waals surface area contributed by atoms with Crippen LogP contribution in [0.1, 0.15) is 62.2 Å². The number of phenolic OH excluding ortho intramolecular Hbond substituents is 1. The molecule has 2 heterocycles. The van der Waals surface area contributed by atoms with Gasteiger partial charge in [0.25, 0.3) is 0 Å². The fourth-order valence-electron chi connectivity index (χ4n) is 5.71. The molecule has 2 amide bonds. The van der Waals surface area contributed by atoms with Crippen molar-refractivity contribution < 1.29 is 24.2 Å². The lowest BCUT2D eigenvalue weighted by molar-refractivity contribution is -0.144. The molecule has 1 aliphatic heterocycles. The first kappa shape index (κ1) is 26.6. The largest absolute Gasteiger partial charge is 0.508 e. The Kier molecular flexibility index (Phi) is 7.45. The molecule has 41 heavy (non-hydrogen) atoms. The summed E-state index contributed by atoms with van der Waals surface area (Å²) in [7, 11) is 0. The summed E-state index contributed by atoms with van der Waals surface area (Å²) in [5.74, 6) is 0.760. The average molecular weight is 556 g/mol. The molecule has 2 aliphatic rings. The summed E-state index contributed by atoms with van der Waals surface area (Å²) >= 11 is 0. The van der Waals surface area contributed by atoms with Gasteiger partial charge in [0, 0.05) is 12.6 Å². The van der Waals surface area contributed by atoms with Crippen LogP contribution in [-0.2, 0) is 16.1 Å². The number of phenols is 1. The van der Waals surface area contributed by atoms with Crippen molar-refractivity contribution in [1.82, 2.24) is 25.2 Å². The van der Waals surface area contributed by atoms with E-state index in [4.69, 9.17) is 9.47 Å². The molecule has 1 saturated carbocycles. The standard InChI is InChI=1S/C31H33N5O5/c1-20(36-26-10-6-5-9-25(26)33-34-36)31(39)35(18-21-11-16-27-28(17-21)41-19-40-27)29(22-12-14-24(37)15-13-22)30(38)32-23-7-3-2-4-8-23/h5-6,9-17,20,23,29,37H,2-4,7-8,18-19H2,1H3,(H,32,38). The summed E-state index contributed by atoms with van der Waals surface area (Å²) in [5, 5.41) is 21.7. The van der Waals surface area contributed by atoms with Crippen LogP contribution in [0.25, 0.3) is 11.0 Å². The number of fused-ring (bicyclic) bond motifs is 2. The normalized spacial score (nSPS) is 16.3. The van der Waals surface area contributed by atoms with Crippen molar-refractivity contribution in [3.8, 4) is 17.2 Å². The Balaban J connectivity index is 1.40. The van der Waals surface area contributed by atoms with Crippen LogP contribution in [0, 0.1) is 0 Å². The second kappa shape index (κ2) is 11.5. The van der Waals surface area contributed by atoms with E-state index in [2.05, 4.69) is 15.6 Å². The van der Waals surface area contributed by atoms with Crippen LogP contribution in [0.3, 0.4) is 0 Å². The highest BCUT2D eigenvalue weighted by molar-refractivity contribution is 5.91. The first-order chi connectivity index (χ1) is 20.0. The number of ether oxygens (including phenoxy) is 2. The third-order valence-corrected chi connectivity index (χ3v) is 7.89. The van der Waals surface area contributed by atoms with Gasteiger partial charge in [-0.15, -0.1) is 5.10 Å². The Labute approximate surface area is 237 Å².